The number of benzene rings is 9. The molecular weight excluding hydrogens is 1590 g/mol. The first kappa shape index (κ1) is 98.9. The molecule has 0 fully saturated rings. The van der Waals surface area contributed by atoms with E-state index in [4.69, 9.17) is 28.4 Å². The maximum absolute atomic E-state index is 7.32. The smallest absolute Gasteiger partial charge is 0.123 e. The summed E-state index contributed by atoms with van der Waals surface area (Å²) in [5.41, 5.74) is 14.3. The van der Waals surface area contributed by atoms with Crippen LogP contribution in [0, 0.1) is 23.7 Å². The minimum atomic E-state index is -0.962. The highest BCUT2D eigenvalue weighted by Gasteiger charge is 2.57. The molecule has 698 valence electrons. The Morgan fingerprint density at radius 3 is 0.500 bits per heavy atom. The molecule has 0 aromatic heterocycles. The lowest BCUT2D eigenvalue weighted by Gasteiger charge is -2.49. The quantitative estimate of drug-likeness (QED) is 0.0215. The topological polar surface area (TPSA) is 55.4 Å². The minimum Gasteiger partial charge on any atom is -0.493 e. The van der Waals surface area contributed by atoms with Crippen molar-refractivity contribution in [2.24, 2.45) is 0 Å². The van der Waals surface area contributed by atoms with Crippen molar-refractivity contribution in [3.63, 3.8) is 0 Å². The Hall–Kier alpha value is -8.58. The van der Waals surface area contributed by atoms with E-state index in [0.717, 1.165) is 144 Å². The number of hydrogen-bond acceptors (Lipinski definition) is 6. The largest absolute Gasteiger partial charge is 0.493 e. The van der Waals surface area contributed by atoms with Gasteiger partial charge in [-0.05, 0) is 130 Å². The molecule has 4 bridgehead atoms. The second-order valence-corrected chi connectivity index (χ2v) is 39.1. The van der Waals surface area contributed by atoms with Gasteiger partial charge in [0.05, 0.1) is 39.6 Å². The third kappa shape index (κ3) is 25.3. The van der Waals surface area contributed by atoms with Crippen molar-refractivity contribution in [3.8, 4) is 58.2 Å². The Morgan fingerprint density at radius 2 is 0.338 bits per heavy atom. The van der Waals surface area contributed by atoms with Crippen LogP contribution in [-0.2, 0) is 10.8 Å². The lowest BCUT2D eigenvalue weighted by Crippen LogP contribution is -2.42. The van der Waals surface area contributed by atoms with Gasteiger partial charge in [0.1, 0.15) is 45.3 Å². The molecule has 9 aromatic carbocycles. The van der Waals surface area contributed by atoms with Gasteiger partial charge in [0.15, 0.2) is 0 Å². The van der Waals surface area contributed by atoms with Gasteiger partial charge in [0.25, 0.3) is 0 Å². The standard InChI is InChI=1S/C124H166O6/c1-7-13-19-25-31-37-43-49-59-91-125-109-81-65-75-103-115(109)121-116-104(76-66-82-110(116)126-92-60-50-44-38-32-26-20-14-8-2)123(103,105-77-67-83-111(117(105)121)127-93-61-51-45-39-33-27-21-15-9-3)89-87-101-97-71-55-57-73-99(97)102(100-74-58-56-72-98(100)101)88-90-124-106-78-68-84-112(128-94-62-52-46-40-34-28-22-16-10-4)118(106)122(119-107(124)79-69-85-113(119)129-95-63-53-47-41-35-29-23-17-11-5)120-108(124)80-70-86-114(120)130-96-64-54-48-42-36-30-24-18-12-6/h55-58,65-86,121-122H,7-54,59-64,91-96H2,1-6H3. The third-order valence-electron chi connectivity index (χ3n) is 29.3. The van der Waals surface area contributed by atoms with E-state index in [0.29, 0.717) is 39.6 Å². The van der Waals surface area contributed by atoms with Crippen LogP contribution in [0.4, 0.5) is 0 Å². The highest BCUT2D eigenvalue weighted by atomic mass is 16.5. The summed E-state index contributed by atoms with van der Waals surface area (Å²) in [6.45, 7) is 17.8. The SMILES string of the molecule is CCCCCCCCCCCOc1cccc2c1C1c3c(OCCCCCCCCCCC)cccc3C2(C#Cc2c3ccccc3c(C#CC34c5cccc(OCCCCCCCCCCC)c5C(c5c(OCCCCCCCCCCC)cccc53)c3c(OCCCCCCCCCCC)cccc34)c3ccccc23)c2cccc(OCCCCCCCCCCC)c21. The summed E-state index contributed by atoms with van der Waals surface area (Å²) in [4.78, 5) is 0. The summed E-state index contributed by atoms with van der Waals surface area (Å²) < 4.78 is 43.9. The van der Waals surface area contributed by atoms with Gasteiger partial charge in [-0.25, -0.2) is 0 Å². The van der Waals surface area contributed by atoms with E-state index in [9.17, 15) is 0 Å². The average molecular weight is 1750 g/mol. The molecule has 0 radical (unpaired) electrons. The van der Waals surface area contributed by atoms with E-state index < -0.39 is 10.8 Å². The molecule has 0 atom stereocenters. The van der Waals surface area contributed by atoms with Crippen LogP contribution >= 0.6 is 0 Å². The predicted octanol–water partition coefficient (Wildman–Crippen LogP) is 35.8. The monoisotopic (exact) mass is 1750 g/mol. The summed E-state index contributed by atoms with van der Waals surface area (Å²) >= 11 is 0. The molecule has 130 heavy (non-hydrogen) atoms. The summed E-state index contributed by atoms with van der Waals surface area (Å²) in [5.74, 6) is 22.5. The molecule has 0 unspecified atom stereocenters. The summed E-state index contributed by atoms with van der Waals surface area (Å²) in [5, 5.41) is 4.30. The van der Waals surface area contributed by atoms with Gasteiger partial charge in [-0.15, -0.1) is 0 Å². The lowest BCUT2D eigenvalue weighted by molar-refractivity contribution is 0.288. The second kappa shape index (κ2) is 54.6. The zero-order chi connectivity index (χ0) is 89.9. The number of rotatable bonds is 66. The van der Waals surface area contributed by atoms with E-state index in [2.05, 4.69) is 223 Å². The van der Waals surface area contributed by atoms with Crippen LogP contribution in [0.3, 0.4) is 0 Å². The summed E-state index contributed by atoms with van der Waals surface area (Å²) in [7, 11) is 0. The predicted molar refractivity (Wildman–Crippen MR) is 552 cm³/mol. The highest BCUT2D eigenvalue weighted by molar-refractivity contribution is 6.10. The fourth-order valence-electron chi connectivity index (χ4n) is 22.2. The van der Waals surface area contributed by atoms with Crippen molar-refractivity contribution in [2.75, 3.05) is 39.6 Å². The zero-order valence-electron chi connectivity index (χ0n) is 82.0. The number of fused-ring (bicyclic) bond motifs is 2. The fourth-order valence-corrected chi connectivity index (χ4v) is 22.2. The molecule has 0 saturated carbocycles. The Balaban J connectivity index is 0.941. The molecule has 6 heteroatoms. The second-order valence-electron chi connectivity index (χ2n) is 39.1. The Morgan fingerprint density at radius 1 is 0.185 bits per heavy atom. The molecule has 15 rings (SSSR count). The fraction of sp³-hybridized carbons (Fsp3) is 0.565. The molecule has 0 spiro atoms. The van der Waals surface area contributed by atoms with Crippen LogP contribution in [0.25, 0.3) is 21.5 Å². The van der Waals surface area contributed by atoms with Crippen LogP contribution in [0.15, 0.2) is 158 Å². The van der Waals surface area contributed by atoms with Crippen molar-refractivity contribution < 1.29 is 28.4 Å². The minimum absolute atomic E-state index is 0.207. The number of ether oxygens (including phenoxy) is 6. The van der Waals surface area contributed by atoms with Crippen molar-refractivity contribution >= 4 is 21.5 Å². The average Bonchev–Trinajstić information content (AvgIpc) is 0.672. The van der Waals surface area contributed by atoms with Gasteiger partial charge in [0, 0.05) is 56.3 Å². The van der Waals surface area contributed by atoms with Crippen LogP contribution < -0.4 is 28.4 Å². The van der Waals surface area contributed by atoms with Gasteiger partial charge >= 0.3 is 0 Å². The Kier molecular flexibility index (Phi) is 41.5. The molecule has 0 saturated heterocycles. The van der Waals surface area contributed by atoms with Gasteiger partial charge in [-0.2, -0.15) is 0 Å². The van der Waals surface area contributed by atoms with E-state index >= 15 is 0 Å². The maximum atomic E-state index is 7.32. The first-order valence-corrected chi connectivity index (χ1v) is 54.1. The molecule has 6 aliphatic rings. The Labute approximate surface area is 789 Å². The molecule has 9 aromatic rings. The Bertz CT molecular complexity index is 4280. The molecule has 0 amide bonds. The van der Waals surface area contributed by atoms with Crippen LogP contribution in [-0.4, -0.2) is 39.6 Å². The molecule has 0 aliphatic heterocycles. The number of unbranched alkanes of at least 4 members (excludes halogenated alkanes) is 48. The normalized spacial score (nSPS) is 15.7. The van der Waals surface area contributed by atoms with E-state index in [1.54, 1.807) is 0 Å². The maximum Gasteiger partial charge on any atom is 0.123 e. The van der Waals surface area contributed by atoms with Crippen molar-refractivity contribution in [2.45, 2.75) is 411 Å². The molecular formula is C124H166O6. The van der Waals surface area contributed by atoms with Gasteiger partial charge in [-0.3, -0.25) is 0 Å². The van der Waals surface area contributed by atoms with E-state index in [1.807, 2.05) is 0 Å². The highest BCUT2D eigenvalue weighted by Crippen LogP contribution is 2.67. The van der Waals surface area contributed by atoms with Crippen LogP contribution in [0.2, 0.25) is 0 Å². The third-order valence-corrected chi connectivity index (χ3v) is 29.3. The van der Waals surface area contributed by atoms with Crippen molar-refractivity contribution in [3.05, 3.63) is 236 Å². The van der Waals surface area contributed by atoms with Crippen LogP contribution in [0.1, 0.15) is 478 Å². The molecule has 6 aliphatic carbocycles. The van der Waals surface area contributed by atoms with Gasteiger partial charge in [-0.1, -0.05) is 495 Å². The first-order chi connectivity index (χ1) is 64.5. The lowest BCUT2D eigenvalue weighted by atomic mass is 9.52. The van der Waals surface area contributed by atoms with Crippen molar-refractivity contribution in [1.82, 2.24) is 0 Å². The first-order valence-electron chi connectivity index (χ1n) is 54.1. The molecule has 6 nitrogen and oxygen atoms in total. The summed E-state index contributed by atoms with van der Waals surface area (Å²) in [6.07, 6.45) is 67.9. The number of hydrogen-bond donors (Lipinski definition) is 0. The zero-order valence-corrected chi connectivity index (χ0v) is 82.0. The molecule has 0 heterocycles. The van der Waals surface area contributed by atoms with Crippen molar-refractivity contribution in [1.29, 1.82) is 0 Å². The molecule has 0 N–H and O–H groups in total. The summed E-state index contributed by atoms with van der Waals surface area (Å²) in [6, 6.07) is 59.4. The van der Waals surface area contributed by atoms with Gasteiger partial charge < -0.3 is 28.4 Å². The van der Waals surface area contributed by atoms with Gasteiger partial charge in [0.2, 0.25) is 0 Å². The van der Waals surface area contributed by atoms with E-state index in [1.165, 1.54) is 336 Å². The van der Waals surface area contributed by atoms with E-state index in [-0.39, 0.29) is 11.8 Å². The van der Waals surface area contributed by atoms with Crippen LogP contribution in [0.5, 0.6) is 34.5 Å².